The van der Waals surface area contributed by atoms with Crippen molar-refractivity contribution in [2.45, 2.75) is 12.3 Å². The molecular formula is C12H14ClN3S. The van der Waals surface area contributed by atoms with Gasteiger partial charge in [0.05, 0.1) is 11.6 Å². The van der Waals surface area contributed by atoms with E-state index in [-0.39, 0.29) is 0 Å². The number of hydrogen-bond donors (Lipinski definition) is 0. The maximum atomic E-state index is 5.74. The van der Waals surface area contributed by atoms with Crippen LogP contribution in [-0.4, -0.2) is 23.6 Å². The Morgan fingerprint density at radius 2 is 2.12 bits per heavy atom. The SMILES string of the molecule is CN(CCc1ccncc1)c1nc(CCl)cs1. The van der Waals surface area contributed by atoms with Gasteiger partial charge in [-0.15, -0.1) is 22.9 Å². The fourth-order valence-corrected chi connectivity index (χ4v) is 2.52. The molecule has 0 aliphatic rings. The molecule has 90 valence electrons. The second-order valence-electron chi connectivity index (χ2n) is 3.78. The summed E-state index contributed by atoms with van der Waals surface area (Å²) in [6.45, 7) is 0.944. The predicted octanol–water partition coefficient (Wildman–Crippen LogP) is 2.96. The van der Waals surface area contributed by atoms with Gasteiger partial charge in [0.15, 0.2) is 5.13 Å². The molecule has 2 aromatic rings. The van der Waals surface area contributed by atoms with Crippen molar-refractivity contribution in [1.82, 2.24) is 9.97 Å². The lowest BCUT2D eigenvalue weighted by atomic mass is 10.2. The second kappa shape index (κ2) is 5.98. The minimum absolute atomic E-state index is 0.481. The predicted molar refractivity (Wildman–Crippen MR) is 72.9 cm³/mol. The van der Waals surface area contributed by atoms with Crippen molar-refractivity contribution < 1.29 is 0 Å². The van der Waals surface area contributed by atoms with Crippen LogP contribution in [0.1, 0.15) is 11.3 Å². The molecule has 5 heteroatoms. The minimum Gasteiger partial charge on any atom is -0.351 e. The average Bonchev–Trinajstić information content (AvgIpc) is 2.86. The van der Waals surface area contributed by atoms with E-state index < -0.39 is 0 Å². The van der Waals surface area contributed by atoms with Crippen molar-refractivity contribution in [3.05, 3.63) is 41.2 Å². The van der Waals surface area contributed by atoms with Crippen LogP contribution in [0.15, 0.2) is 29.9 Å². The first-order valence-corrected chi connectivity index (χ1v) is 6.81. The minimum atomic E-state index is 0.481. The smallest absolute Gasteiger partial charge is 0.185 e. The first-order chi connectivity index (χ1) is 8.29. The van der Waals surface area contributed by atoms with Crippen LogP contribution < -0.4 is 4.90 Å². The zero-order valence-corrected chi connectivity index (χ0v) is 11.2. The fourth-order valence-electron chi connectivity index (χ4n) is 1.47. The number of rotatable bonds is 5. The van der Waals surface area contributed by atoms with Crippen LogP contribution in [0.4, 0.5) is 5.13 Å². The van der Waals surface area contributed by atoms with E-state index >= 15 is 0 Å². The van der Waals surface area contributed by atoms with Crippen LogP contribution in [-0.2, 0) is 12.3 Å². The molecular weight excluding hydrogens is 254 g/mol. The molecule has 2 rings (SSSR count). The van der Waals surface area contributed by atoms with E-state index in [1.54, 1.807) is 11.3 Å². The van der Waals surface area contributed by atoms with Crippen molar-refractivity contribution in [3.8, 4) is 0 Å². The number of nitrogens with zero attached hydrogens (tertiary/aromatic N) is 3. The third-order valence-corrected chi connectivity index (χ3v) is 3.77. The molecule has 3 nitrogen and oxygen atoms in total. The van der Waals surface area contributed by atoms with E-state index in [9.17, 15) is 0 Å². The van der Waals surface area contributed by atoms with Gasteiger partial charge in [0.1, 0.15) is 0 Å². The Labute approximate surface area is 110 Å². The van der Waals surface area contributed by atoms with Crippen molar-refractivity contribution in [2.24, 2.45) is 0 Å². The highest BCUT2D eigenvalue weighted by Gasteiger charge is 2.06. The van der Waals surface area contributed by atoms with Gasteiger partial charge >= 0.3 is 0 Å². The summed E-state index contributed by atoms with van der Waals surface area (Å²) in [7, 11) is 2.05. The molecule has 0 atom stereocenters. The van der Waals surface area contributed by atoms with Crippen LogP contribution in [0.2, 0.25) is 0 Å². The molecule has 0 saturated carbocycles. The monoisotopic (exact) mass is 267 g/mol. The molecule has 0 fully saturated rings. The van der Waals surface area contributed by atoms with Crippen molar-refractivity contribution in [2.75, 3.05) is 18.5 Å². The number of halogens is 1. The molecule has 0 aliphatic carbocycles. The quantitative estimate of drug-likeness (QED) is 0.780. The van der Waals surface area contributed by atoms with E-state index in [1.807, 2.05) is 29.9 Å². The molecule has 0 bridgehead atoms. The number of aromatic nitrogens is 2. The summed E-state index contributed by atoms with van der Waals surface area (Å²) in [6, 6.07) is 4.08. The first-order valence-electron chi connectivity index (χ1n) is 5.40. The fraction of sp³-hybridized carbons (Fsp3) is 0.333. The Balaban J connectivity index is 1.91. The van der Waals surface area contributed by atoms with Gasteiger partial charge in [-0.25, -0.2) is 4.98 Å². The highest BCUT2D eigenvalue weighted by atomic mass is 35.5. The number of hydrogen-bond acceptors (Lipinski definition) is 4. The van der Waals surface area contributed by atoms with Gasteiger partial charge in [-0.1, -0.05) is 0 Å². The van der Waals surface area contributed by atoms with Crippen LogP contribution in [0.5, 0.6) is 0 Å². The molecule has 0 aliphatic heterocycles. The highest BCUT2D eigenvalue weighted by Crippen LogP contribution is 2.20. The normalized spacial score (nSPS) is 10.5. The molecule has 0 saturated heterocycles. The summed E-state index contributed by atoms with van der Waals surface area (Å²) in [5, 5.41) is 3.03. The Morgan fingerprint density at radius 3 is 2.76 bits per heavy atom. The molecule has 0 aromatic carbocycles. The van der Waals surface area contributed by atoms with E-state index in [0.717, 1.165) is 23.8 Å². The lowest BCUT2D eigenvalue weighted by Crippen LogP contribution is -2.20. The summed E-state index contributed by atoms with van der Waals surface area (Å²) < 4.78 is 0. The van der Waals surface area contributed by atoms with Crippen LogP contribution >= 0.6 is 22.9 Å². The molecule has 0 N–H and O–H groups in total. The van der Waals surface area contributed by atoms with E-state index in [4.69, 9.17) is 11.6 Å². The number of anilines is 1. The number of pyridine rings is 1. The maximum absolute atomic E-state index is 5.74. The summed E-state index contributed by atoms with van der Waals surface area (Å²) in [4.78, 5) is 10.6. The Kier molecular flexibility index (Phi) is 4.34. The van der Waals surface area contributed by atoms with Crippen molar-refractivity contribution in [1.29, 1.82) is 0 Å². The summed E-state index contributed by atoms with van der Waals surface area (Å²) >= 11 is 7.37. The zero-order chi connectivity index (χ0) is 12.1. The molecule has 17 heavy (non-hydrogen) atoms. The second-order valence-corrected chi connectivity index (χ2v) is 4.89. The third-order valence-electron chi connectivity index (χ3n) is 2.49. The number of alkyl halides is 1. The van der Waals surface area contributed by atoms with Crippen LogP contribution in [0.25, 0.3) is 0 Å². The summed E-state index contributed by atoms with van der Waals surface area (Å²) in [5.41, 5.74) is 2.24. The molecule has 2 aromatic heterocycles. The van der Waals surface area contributed by atoms with Gasteiger partial charge in [-0.05, 0) is 24.1 Å². The van der Waals surface area contributed by atoms with Gasteiger partial charge in [0.2, 0.25) is 0 Å². The van der Waals surface area contributed by atoms with Crippen molar-refractivity contribution >= 4 is 28.1 Å². The third kappa shape index (κ3) is 3.41. The van der Waals surface area contributed by atoms with Gasteiger partial charge in [0.25, 0.3) is 0 Å². The molecule has 0 unspecified atom stereocenters. The Bertz CT molecular complexity index is 458. The highest BCUT2D eigenvalue weighted by molar-refractivity contribution is 7.13. The lowest BCUT2D eigenvalue weighted by molar-refractivity contribution is 0.867. The van der Waals surface area contributed by atoms with Gasteiger partial charge in [-0.2, -0.15) is 0 Å². The zero-order valence-electron chi connectivity index (χ0n) is 9.64. The summed E-state index contributed by atoms with van der Waals surface area (Å²) in [5.74, 6) is 0.481. The summed E-state index contributed by atoms with van der Waals surface area (Å²) in [6.07, 6.45) is 4.64. The topological polar surface area (TPSA) is 29.0 Å². The van der Waals surface area contributed by atoms with E-state index in [0.29, 0.717) is 5.88 Å². The molecule has 2 heterocycles. The number of likely N-dealkylation sites (N-methyl/N-ethyl adjacent to an activating group) is 1. The average molecular weight is 268 g/mol. The Hall–Kier alpha value is -1.13. The van der Waals surface area contributed by atoms with Crippen LogP contribution in [0, 0.1) is 0 Å². The molecule has 0 radical (unpaired) electrons. The van der Waals surface area contributed by atoms with Gasteiger partial charge in [-0.3, -0.25) is 4.98 Å². The molecule has 0 spiro atoms. The van der Waals surface area contributed by atoms with E-state index in [2.05, 4.69) is 21.9 Å². The molecule has 0 amide bonds. The van der Waals surface area contributed by atoms with Gasteiger partial charge in [0, 0.05) is 31.4 Å². The largest absolute Gasteiger partial charge is 0.351 e. The maximum Gasteiger partial charge on any atom is 0.185 e. The first kappa shape index (κ1) is 12.3. The lowest BCUT2D eigenvalue weighted by Gasteiger charge is -2.15. The van der Waals surface area contributed by atoms with Crippen LogP contribution in [0.3, 0.4) is 0 Å². The number of thiazole rings is 1. The van der Waals surface area contributed by atoms with E-state index in [1.165, 1.54) is 5.56 Å². The van der Waals surface area contributed by atoms with Gasteiger partial charge < -0.3 is 4.90 Å². The van der Waals surface area contributed by atoms with Crippen molar-refractivity contribution in [3.63, 3.8) is 0 Å². The Morgan fingerprint density at radius 1 is 1.35 bits per heavy atom. The standard InChI is InChI=1S/C12H14ClN3S/c1-16(12-15-11(8-13)9-17-12)7-4-10-2-5-14-6-3-10/h2-3,5-6,9H,4,7-8H2,1H3.